The highest BCUT2D eigenvalue weighted by atomic mass is 32.1. The zero-order valence-corrected chi connectivity index (χ0v) is 21.7. The van der Waals surface area contributed by atoms with Crippen molar-refractivity contribution in [2.75, 3.05) is 32.9 Å². The Morgan fingerprint density at radius 2 is 1.84 bits per heavy atom. The molecule has 1 atom stereocenters. The summed E-state index contributed by atoms with van der Waals surface area (Å²) >= 11 is 1.32. The molecule has 1 saturated heterocycles. The number of aryl methyl sites for hydroxylation is 2. The number of aromatic hydroxyl groups is 1. The van der Waals surface area contributed by atoms with Gasteiger partial charge in [0, 0.05) is 40.2 Å². The zero-order valence-electron chi connectivity index (χ0n) is 20.9. The number of ketones is 1. The molecule has 1 aromatic heterocycles. The molecule has 4 aromatic rings. The molecule has 1 aliphatic heterocycles. The van der Waals surface area contributed by atoms with E-state index in [2.05, 4.69) is 4.90 Å². The number of halogens is 2. The predicted octanol–water partition coefficient (Wildman–Crippen LogP) is 6.93. The average Bonchev–Trinajstić information content (AvgIpc) is 3.48. The maximum Gasteiger partial charge on any atom is 0.204 e. The molecular formula is C30H29F2NO3S. The second-order valence-corrected chi connectivity index (χ2v) is 10.8. The van der Waals surface area contributed by atoms with E-state index < -0.39 is 0 Å². The van der Waals surface area contributed by atoms with Crippen LogP contribution in [0.2, 0.25) is 0 Å². The van der Waals surface area contributed by atoms with Gasteiger partial charge in [-0.25, -0.2) is 4.39 Å². The Morgan fingerprint density at radius 3 is 2.51 bits per heavy atom. The Morgan fingerprint density at radius 1 is 1.11 bits per heavy atom. The highest BCUT2D eigenvalue weighted by Gasteiger charge is 2.25. The van der Waals surface area contributed by atoms with Gasteiger partial charge in [-0.2, -0.15) is 0 Å². The van der Waals surface area contributed by atoms with Crippen LogP contribution < -0.4 is 4.74 Å². The Kier molecular flexibility index (Phi) is 7.26. The van der Waals surface area contributed by atoms with Gasteiger partial charge in [0.1, 0.15) is 23.9 Å². The predicted molar refractivity (Wildman–Crippen MR) is 144 cm³/mol. The van der Waals surface area contributed by atoms with Crippen molar-refractivity contribution in [3.05, 3.63) is 82.0 Å². The van der Waals surface area contributed by atoms with E-state index in [0.29, 0.717) is 28.2 Å². The fourth-order valence-electron chi connectivity index (χ4n) is 5.17. The molecule has 1 aliphatic rings. The summed E-state index contributed by atoms with van der Waals surface area (Å²) in [7, 11) is 0. The van der Waals surface area contributed by atoms with Gasteiger partial charge in [0.2, 0.25) is 5.78 Å². The molecule has 0 amide bonds. The SMILES string of the molecule is Cc1cc(F)cc(C)c1C(=O)c1sc2cc(O)ccc2c1-c1ccc(OCCN2CCC(CF)C2)cc1. The first kappa shape index (κ1) is 25.4. The van der Waals surface area contributed by atoms with Crippen molar-refractivity contribution in [3.63, 3.8) is 0 Å². The van der Waals surface area contributed by atoms with E-state index in [4.69, 9.17) is 4.74 Å². The molecule has 3 aromatic carbocycles. The third-order valence-corrected chi connectivity index (χ3v) is 8.16. The molecule has 7 heteroatoms. The van der Waals surface area contributed by atoms with Gasteiger partial charge in [-0.1, -0.05) is 12.1 Å². The van der Waals surface area contributed by atoms with E-state index in [0.717, 1.165) is 53.0 Å². The number of carbonyl (C=O) groups is 1. The van der Waals surface area contributed by atoms with E-state index in [1.165, 1.54) is 23.5 Å². The molecule has 0 saturated carbocycles. The third kappa shape index (κ3) is 5.24. The van der Waals surface area contributed by atoms with Gasteiger partial charge in [0.25, 0.3) is 0 Å². The van der Waals surface area contributed by atoms with Gasteiger partial charge in [-0.3, -0.25) is 14.1 Å². The second kappa shape index (κ2) is 10.6. The standard InChI is InChI=1S/C30H29F2NO3S/c1-18-13-22(32)14-19(2)27(18)29(35)30-28(25-8-5-23(34)15-26(25)37-30)21-3-6-24(7-4-21)36-12-11-33-10-9-20(16-31)17-33/h3-8,13-15,20,34H,9-12,16-17H2,1-2H3. The highest BCUT2D eigenvalue weighted by Crippen LogP contribution is 2.42. The minimum atomic E-state index is -0.365. The van der Waals surface area contributed by atoms with Gasteiger partial charge < -0.3 is 9.84 Å². The maximum atomic E-state index is 13.9. The number of alkyl halides is 1. The van der Waals surface area contributed by atoms with Crippen LogP contribution in [0.25, 0.3) is 21.2 Å². The molecule has 192 valence electrons. The number of benzene rings is 3. The van der Waals surface area contributed by atoms with Crippen molar-refractivity contribution in [1.29, 1.82) is 0 Å². The quantitative estimate of drug-likeness (QED) is 0.256. The molecular weight excluding hydrogens is 492 g/mol. The van der Waals surface area contributed by atoms with Crippen molar-refractivity contribution >= 4 is 27.2 Å². The molecule has 2 heterocycles. The fourth-order valence-corrected chi connectivity index (χ4v) is 6.37. The number of likely N-dealkylation sites (tertiary alicyclic amines) is 1. The number of phenols is 1. The molecule has 0 aliphatic carbocycles. The summed E-state index contributed by atoms with van der Waals surface area (Å²) in [5, 5.41) is 10.9. The molecule has 1 fully saturated rings. The minimum absolute atomic E-state index is 0.132. The van der Waals surface area contributed by atoms with E-state index in [-0.39, 0.29) is 29.9 Å². The smallest absolute Gasteiger partial charge is 0.204 e. The van der Waals surface area contributed by atoms with E-state index in [1.54, 1.807) is 26.0 Å². The van der Waals surface area contributed by atoms with Crippen LogP contribution in [0.5, 0.6) is 11.5 Å². The summed E-state index contributed by atoms with van der Waals surface area (Å²) in [6, 6.07) is 15.5. The van der Waals surface area contributed by atoms with Crippen LogP contribution >= 0.6 is 11.3 Å². The van der Waals surface area contributed by atoms with E-state index >= 15 is 0 Å². The Labute approximate surface area is 219 Å². The first-order valence-corrected chi connectivity index (χ1v) is 13.2. The number of fused-ring (bicyclic) bond motifs is 1. The summed E-state index contributed by atoms with van der Waals surface area (Å²) in [5.74, 6) is 0.466. The number of thiophene rings is 1. The van der Waals surface area contributed by atoms with Crippen molar-refractivity contribution in [2.24, 2.45) is 5.92 Å². The summed E-state index contributed by atoms with van der Waals surface area (Å²) < 4.78 is 33.5. The van der Waals surface area contributed by atoms with Crippen LogP contribution in [0.3, 0.4) is 0 Å². The van der Waals surface area contributed by atoms with Gasteiger partial charge in [-0.05, 0) is 86.0 Å². The number of nitrogens with zero attached hydrogens (tertiary/aromatic N) is 1. The largest absolute Gasteiger partial charge is 0.508 e. The molecule has 1 N–H and O–H groups in total. The van der Waals surface area contributed by atoms with E-state index in [9.17, 15) is 18.7 Å². The lowest BCUT2D eigenvalue weighted by Crippen LogP contribution is -2.26. The lowest BCUT2D eigenvalue weighted by atomic mass is 9.94. The third-order valence-electron chi connectivity index (χ3n) is 7.01. The van der Waals surface area contributed by atoms with Crippen LogP contribution in [0.4, 0.5) is 8.78 Å². The monoisotopic (exact) mass is 521 g/mol. The molecule has 0 spiro atoms. The lowest BCUT2D eigenvalue weighted by Gasteiger charge is -2.16. The molecule has 1 unspecified atom stereocenters. The normalized spacial score (nSPS) is 15.9. The van der Waals surface area contributed by atoms with Crippen LogP contribution in [-0.4, -0.2) is 48.7 Å². The minimum Gasteiger partial charge on any atom is -0.508 e. The zero-order chi connectivity index (χ0) is 26.1. The first-order chi connectivity index (χ1) is 17.8. The van der Waals surface area contributed by atoms with E-state index in [1.807, 2.05) is 30.3 Å². The highest BCUT2D eigenvalue weighted by molar-refractivity contribution is 7.21. The number of hydrogen-bond acceptors (Lipinski definition) is 5. The van der Waals surface area contributed by atoms with Crippen molar-refractivity contribution in [2.45, 2.75) is 20.3 Å². The Bertz CT molecular complexity index is 1420. The molecule has 37 heavy (non-hydrogen) atoms. The molecule has 0 bridgehead atoms. The number of hydrogen-bond donors (Lipinski definition) is 1. The number of carbonyl (C=O) groups excluding carboxylic acids is 1. The van der Waals surface area contributed by atoms with Crippen molar-refractivity contribution < 1.29 is 23.4 Å². The number of ether oxygens (including phenoxy) is 1. The van der Waals surface area contributed by atoms with Gasteiger partial charge in [0.05, 0.1) is 11.6 Å². The summed E-state index contributed by atoms with van der Waals surface area (Å²) in [6.45, 7) is 6.19. The van der Waals surface area contributed by atoms with Crippen LogP contribution in [-0.2, 0) is 0 Å². The van der Waals surface area contributed by atoms with Crippen molar-refractivity contribution in [1.82, 2.24) is 4.90 Å². The van der Waals surface area contributed by atoms with Crippen LogP contribution in [0.15, 0.2) is 54.6 Å². The second-order valence-electron chi connectivity index (χ2n) is 9.71. The lowest BCUT2D eigenvalue weighted by molar-refractivity contribution is 0.104. The fraction of sp³-hybridized carbons (Fsp3) is 0.300. The summed E-state index contributed by atoms with van der Waals surface area (Å²) in [4.78, 5) is 16.6. The summed E-state index contributed by atoms with van der Waals surface area (Å²) in [5.41, 5.74) is 3.32. The Balaban J connectivity index is 1.43. The Hall–Kier alpha value is -3.29. The van der Waals surface area contributed by atoms with Gasteiger partial charge >= 0.3 is 0 Å². The molecule has 5 rings (SSSR count). The van der Waals surface area contributed by atoms with Gasteiger partial charge in [-0.15, -0.1) is 11.3 Å². The molecule has 0 radical (unpaired) electrons. The van der Waals surface area contributed by atoms with Gasteiger partial charge in [0.15, 0.2) is 0 Å². The number of phenolic OH excluding ortho intramolecular Hbond substituents is 1. The average molecular weight is 522 g/mol. The number of rotatable bonds is 8. The first-order valence-electron chi connectivity index (χ1n) is 12.4. The van der Waals surface area contributed by atoms with Crippen molar-refractivity contribution in [3.8, 4) is 22.6 Å². The maximum absolute atomic E-state index is 13.9. The van der Waals surface area contributed by atoms with Crippen LogP contribution in [0.1, 0.15) is 32.8 Å². The topological polar surface area (TPSA) is 49.8 Å². The summed E-state index contributed by atoms with van der Waals surface area (Å²) in [6.07, 6.45) is 0.898. The van der Waals surface area contributed by atoms with Crippen LogP contribution in [0, 0.1) is 25.6 Å². The molecule has 4 nitrogen and oxygen atoms in total.